The van der Waals surface area contributed by atoms with E-state index in [4.69, 9.17) is 5.11 Å². The van der Waals surface area contributed by atoms with E-state index in [9.17, 15) is 4.79 Å². The Balaban J connectivity index is 2.25. The molecule has 1 aliphatic rings. The fourth-order valence-corrected chi connectivity index (χ4v) is 2.91. The summed E-state index contributed by atoms with van der Waals surface area (Å²) in [5.74, 6) is 5.57. The minimum atomic E-state index is -0.194. The lowest BCUT2D eigenvalue weighted by molar-refractivity contribution is 0.0696. The van der Waals surface area contributed by atoms with Crippen molar-refractivity contribution in [3.05, 3.63) is 34.9 Å². The van der Waals surface area contributed by atoms with Crippen LogP contribution in [-0.2, 0) is 0 Å². The van der Waals surface area contributed by atoms with Gasteiger partial charge in [-0.05, 0) is 37.5 Å². The van der Waals surface area contributed by atoms with E-state index in [2.05, 4.69) is 11.8 Å². The third kappa shape index (κ3) is 3.86. The Morgan fingerprint density at radius 1 is 1.33 bits per heavy atom. The zero-order valence-electron chi connectivity index (χ0n) is 12.9. The van der Waals surface area contributed by atoms with Gasteiger partial charge in [0.1, 0.15) is 6.61 Å². The van der Waals surface area contributed by atoms with Gasteiger partial charge in [0.2, 0.25) is 0 Å². The summed E-state index contributed by atoms with van der Waals surface area (Å²) in [6, 6.07) is 6.03. The number of rotatable bonds is 2. The van der Waals surface area contributed by atoms with Crippen molar-refractivity contribution in [1.82, 2.24) is 4.90 Å². The number of aliphatic hydroxyl groups is 1. The Morgan fingerprint density at radius 2 is 2.05 bits per heavy atom. The Morgan fingerprint density at radius 3 is 2.71 bits per heavy atom. The molecular formula is C18H23NO2. The number of aliphatic hydroxyl groups excluding tert-OH is 1. The predicted molar refractivity (Wildman–Crippen MR) is 84.1 cm³/mol. The predicted octanol–water partition coefficient (Wildman–Crippen LogP) is 2.74. The average Bonchev–Trinajstić information content (AvgIpc) is 2.52. The molecule has 1 fully saturated rings. The minimum Gasteiger partial charge on any atom is -0.384 e. The summed E-state index contributed by atoms with van der Waals surface area (Å²) in [6.07, 6.45) is 5.86. The van der Waals surface area contributed by atoms with Gasteiger partial charge in [-0.25, -0.2) is 0 Å². The standard InChI is InChI=1S/C18H23NO2/c1-14-10-11-17(15(13-14)7-6-12-20)18(21)19(2)16-8-4-3-5-9-16/h10-11,13,16,20H,3-5,8-9,12H2,1-2H3. The van der Waals surface area contributed by atoms with Crippen LogP contribution < -0.4 is 0 Å². The number of aryl methyl sites for hydroxylation is 1. The highest BCUT2D eigenvalue weighted by molar-refractivity contribution is 5.97. The first-order valence-corrected chi connectivity index (χ1v) is 7.61. The monoisotopic (exact) mass is 285 g/mol. The molecule has 0 aliphatic heterocycles. The fourth-order valence-electron chi connectivity index (χ4n) is 2.91. The molecule has 1 amide bonds. The molecule has 1 saturated carbocycles. The molecule has 1 N–H and O–H groups in total. The molecule has 1 aromatic carbocycles. The molecule has 1 aliphatic carbocycles. The molecule has 0 saturated heterocycles. The number of hydrogen-bond donors (Lipinski definition) is 1. The van der Waals surface area contributed by atoms with Gasteiger partial charge in [-0.15, -0.1) is 0 Å². The zero-order chi connectivity index (χ0) is 15.2. The normalized spacial score (nSPS) is 15.2. The lowest BCUT2D eigenvalue weighted by Crippen LogP contribution is -2.38. The van der Waals surface area contributed by atoms with Crippen LogP contribution in [0.25, 0.3) is 0 Å². The molecule has 0 bridgehead atoms. The summed E-state index contributed by atoms with van der Waals surface area (Å²) >= 11 is 0. The first-order chi connectivity index (χ1) is 10.1. The maximum absolute atomic E-state index is 12.7. The molecule has 21 heavy (non-hydrogen) atoms. The number of benzene rings is 1. The number of carbonyl (C=O) groups excluding carboxylic acids is 1. The maximum atomic E-state index is 12.7. The van der Waals surface area contributed by atoms with Crippen LogP contribution >= 0.6 is 0 Å². The van der Waals surface area contributed by atoms with Crippen molar-refractivity contribution in [3.8, 4) is 11.8 Å². The van der Waals surface area contributed by atoms with Gasteiger partial charge in [0.25, 0.3) is 5.91 Å². The van der Waals surface area contributed by atoms with Gasteiger partial charge >= 0.3 is 0 Å². The van der Waals surface area contributed by atoms with E-state index in [1.807, 2.05) is 37.1 Å². The Labute approximate surface area is 127 Å². The second kappa shape index (κ2) is 7.28. The molecule has 3 heteroatoms. The molecule has 0 radical (unpaired) electrons. The molecule has 0 atom stereocenters. The lowest BCUT2D eigenvalue weighted by Gasteiger charge is -2.31. The SMILES string of the molecule is Cc1ccc(C(=O)N(C)C2CCCCC2)c(C#CCO)c1. The maximum Gasteiger partial charge on any atom is 0.255 e. The Bertz CT molecular complexity index is 562. The number of nitrogens with zero attached hydrogens (tertiary/aromatic N) is 1. The van der Waals surface area contributed by atoms with Gasteiger partial charge in [-0.2, -0.15) is 0 Å². The van der Waals surface area contributed by atoms with E-state index in [1.54, 1.807) is 0 Å². The molecule has 1 aromatic rings. The van der Waals surface area contributed by atoms with Crippen LogP contribution in [0.15, 0.2) is 18.2 Å². The molecular weight excluding hydrogens is 262 g/mol. The Hall–Kier alpha value is -1.79. The fraction of sp³-hybridized carbons (Fsp3) is 0.500. The largest absolute Gasteiger partial charge is 0.384 e. The zero-order valence-corrected chi connectivity index (χ0v) is 12.9. The summed E-state index contributed by atoms with van der Waals surface area (Å²) < 4.78 is 0. The summed E-state index contributed by atoms with van der Waals surface area (Å²) in [5, 5.41) is 8.87. The average molecular weight is 285 g/mol. The van der Waals surface area contributed by atoms with Crippen LogP contribution in [0.4, 0.5) is 0 Å². The third-order valence-corrected chi connectivity index (χ3v) is 4.15. The summed E-state index contributed by atoms with van der Waals surface area (Å²) in [5.41, 5.74) is 2.40. The van der Waals surface area contributed by atoms with Gasteiger partial charge in [0.05, 0.1) is 5.56 Å². The topological polar surface area (TPSA) is 40.5 Å². The van der Waals surface area contributed by atoms with Gasteiger partial charge in [-0.1, -0.05) is 37.2 Å². The first kappa shape index (κ1) is 15.6. The van der Waals surface area contributed by atoms with E-state index in [0.29, 0.717) is 17.2 Å². The van der Waals surface area contributed by atoms with Crippen LogP contribution in [0.1, 0.15) is 53.6 Å². The van der Waals surface area contributed by atoms with Gasteiger partial charge in [-0.3, -0.25) is 4.79 Å². The highest BCUT2D eigenvalue weighted by Crippen LogP contribution is 2.23. The van der Waals surface area contributed by atoms with E-state index in [0.717, 1.165) is 18.4 Å². The van der Waals surface area contributed by atoms with Gasteiger partial charge in [0, 0.05) is 18.7 Å². The lowest BCUT2D eigenvalue weighted by atomic mass is 9.93. The number of carbonyl (C=O) groups is 1. The van der Waals surface area contributed by atoms with Gasteiger partial charge in [0.15, 0.2) is 0 Å². The molecule has 0 unspecified atom stereocenters. The van der Waals surface area contributed by atoms with E-state index >= 15 is 0 Å². The van der Waals surface area contributed by atoms with E-state index in [1.165, 1.54) is 19.3 Å². The van der Waals surface area contributed by atoms with Crippen molar-refractivity contribution in [3.63, 3.8) is 0 Å². The van der Waals surface area contributed by atoms with E-state index < -0.39 is 0 Å². The number of hydrogen-bond acceptors (Lipinski definition) is 2. The van der Waals surface area contributed by atoms with Crippen molar-refractivity contribution in [2.24, 2.45) is 0 Å². The van der Waals surface area contributed by atoms with Crippen LogP contribution in [0, 0.1) is 18.8 Å². The van der Waals surface area contributed by atoms with Crippen LogP contribution in [-0.4, -0.2) is 35.6 Å². The quantitative estimate of drug-likeness (QED) is 0.849. The van der Waals surface area contributed by atoms with Gasteiger partial charge < -0.3 is 10.0 Å². The second-order valence-electron chi connectivity index (χ2n) is 5.72. The minimum absolute atomic E-state index is 0.0316. The highest BCUT2D eigenvalue weighted by atomic mass is 16.2. The third-order valence-electron chi connectivity index (χ3n) is 4.15. The molecule has 112 valence electrons. The first-order valence-electron chi connectivity index (χ1n) is 7.61. The van der Waals surface area contributed by atoms with Crippen molar-refractivity contribution in [2.45, 2.75) is 45.1 Å². The highest BCUT2D eigenvalue weighted by Gasteiger charge is 2.24. The van der Waals surface area contributed by atoms with Crippen molar-refractivity contribution in [2.75, 3.05) is 13.7 Å². The van der Waals surface area contributed by atoms with Crippen LogP contribution in [0.2, 0.25) is 0 Å². The summed E-state index contributed by atoms with van der Waals surface area (Å²) in [4.78, 5) is 14.6. The molecule has 0 heterocycles. The van der Waals surface area contributed by atoms with Crippen molar-refractivity contribution >= 4 is 5.91 Å². The second-order valence-corrected chi connectivity index (χ2v) is 5.72. The molecule has 3 nitrogen and oxygen atoms in total. The van der Waals surface area contributed by atoms with Crippen LogP contribution in [0.3, 0.4) is 0 Å². The van der Waals surface area contributed by atoms with Crippen LogP contribution in [0.5, 0.6) is 0 Å². The molecule has 2 rings (SSSR count). The summed E-state index contributed by atoms with van der Waals surface area (Å²) in [6.45, 7) is 1.78. The van der Waals surface area contributed by atoms with E-state index in [-0.39, 0.29) is 12.5 Å². The molecule has 0 aromatic heterocycles. The summed E-state index contributed by atoms with van der Waals surface area (Å²) in [7, 11) is 1.89. The molecule has 0 spiro atoms. The Kier molecular flexibility index (Phi) is 5.41. The number of amides is 1. The van der Waals surface area contributed by atoms with Crippen molar-refractivity contribution in [1.29, 1.82) is 0 Å². The van der Waals surface area contributed by atoms with Crippen molar-refractivity contribution < 1.29 is 9.90 Å². The smallest absolute Gasteiger partial charge is 0.255 e.